The molecule has 0 saturated carbocycles. The van der Waals surface area contributed by atoms with Gasteiger partial charge in [-0.15, -0.1) is 0 Å². The molecule has 20 heteroatoms. The first-order valence-electron chi connectivity index (χ1n) is 39.2. The molecule has 12 nitrogen and oxygen atoms in total. The predicted octanol–water partition coefficient (Wildman–Crippen LogP) is 29.1. The summed E-state index contributed by atoms with van der Waals surface area (Å²) in [7, 11) is 0. The third kappa shape index (κ3) is 14.9. The second-order valence-corrected chi connectivity index (χ2v) is 47.2. The zero-order valence-electron chi connectivity index (χ0n) is 63.1. The van der Waals surface area contributed by atoms with E-state index in [4.69, 9.17) is 34.9 Å². The largest absolute Gasteiger partial charge is 0.173 e. The van der Waals surface area contributed by atoms with E-state index in [1.807, 2.05) is 10.5 Å². The summed E-state index contributed by atoms with van der Waals surface area (Å²) in [6, 6.07) is 29.8. The molecule has 546 valence electrons. The zero-order chi connectivity index (χ0) is 72.5. The first-order chi connectivity index (χ1) is 50.9. The summed E-state index contributed by atoms with van der Waals surface area (Å²) in [6.45, 7) is 25.0. The van der Waals surface area contributed by atoms with Crippen molar-refractivity contribution in [3.63, 3.8) is 0 Å². The Bertz CT molecular complexity index is 4770. The Hall–Kier alpha value is -5.26. The first-order valence-corrected chi connectivity index (χ1v) is 51.8. The number of unbranched alkanes of at least 4 members (excludes halogenated alkanes) is 15. The Balaban J connectivity index is 0.000000159. The molecule has 0 radical (unpaired) electrons. The van der Waals surface area contributed by atoms with Gasteiger partial charge in [-0.3, -0.25) is 0 Å². The number of fused-ring (bicyclic) bond motifs is 12. The van der Waals surface area contributed by atoms with Gasteiger partial charge in [-0.05, 0) is 95.1 Å². The number of hydrogen-bond acceptors (Lipinski definition) is 15. The van der Waals surface area contributed by atoms with E-state index in [0.29, 0.717) is 0 Å². The Morgan fingerprint density at radius 1 is 0.327 bits per heavy atom. The summed E-state index contributed by atoms with van der Waals surface area (Å²) < 4.78 is 62.6. The van der Waals surface area contributed by atoms with Crippen LogP contribution in [0.5, 0.6) is 0 Å². The fraction of sp³-hybridized carbons (Fsp3) is 0.500. The fourth-order valence-electron chi connectivity index (χ4n) is 17.6. The van der Waals surface area contributed by atoms with E-state index in [0.717, 1.165) is 123 Å². The van der Waals surface area contributed by atoms with Crippen LogP contribution in [0.4, 0.5) is 34.1 Å². The standard InChI is InChI=1S/C39H38N8S4.C26H35.C7H3BrN4S2.3C4H9.Sn/c1-5-7-9-11-17-39(18-12-10-8-6-2)27-19-23(29-35-31(40-48-44-35)21(3)32-36(29)45-49-41-32)13-15-25(27)26-16-14-24(20-28(26)39)30-37-33(42-50-46-37)22(4)34-38(30)47-51-43-34;1-4-6-8-12-18-26(19-13-9-7-5-2)24-15-11-10-14-22(24)23-17-16-21(3)20-25(23)26;1-2-4-6(11-13-9-4)3(8)7-5(2)10-14-12-7;3*1-3-4-2;/h13-16,19-20H,5-12,17-18H2,1-4H3;10,14-17,20H,4-9,12-13,18-19H2,1-3H3;1H3;3*1,3-4H2,2H3;. The molecule has 6 heterocycles. The second-order valence-electron chi connectivity index (χ2n) is 30.0. The van der Waals surface area contributed by atoms with Crippen molar-refractivity contribution in [1.82, 2.24) is 26.2 Å². The minimum absolute atomic E-state index is 0.134. The normalized spacial score (nSPS) is 14.2. The summed E-state index contributed by atoms with van der Waals surface area (Å²) in [6.07, 6.45) is 34.0. The van der Waals surface area contributed by atoms with E-state index in [9.17, 15) is 0 Å². The maximum atomic E-state index is 4.83. The molecule has 3 aliphatic heterocycles. The molecule has 2 aliphatic carbocycles. The van der Waals surface area contributed by atoms with Crippen LogP contribution >= 0.6 is 51.1 Å². The van der Waals surface area contributed by atoms with Gasteiger partial charge in [0.1, 0.15) is 67.2 Å². The monoisotopic (exact) mass is 1670 g/mol. The number of rotatable bonds is 32. The predicted molar refractivity (Wildman–Crippen MR) is 456 cm³/mol. The van der Waals surface area contributed by atoms with Gasteiger partial charge in [-0.1, -0.05) is 89.5 Å². The molecule has 10 aromatic rings. The van der Waals surface area contributed by atoms with Gasteiger partial charge in [0.25, 0.3) is 0 Å². The quantitative estimate of drug-likeness (QED) is 0.0302. The van der Waals surface area contributed by atoms with Gasteiger partial charge in [0, 0.05) is 33.2 Å². The maximum Gasteiger partial charge on any atom is 0.121 e. The Morgan fingerprint density at radius 2 is 0.654 bits per heavy atom. The zero-order valence-corrected chi connectivity index (χ0v) is 72.5. The molecule has 0 N–H and O–H groups in total. The van der Waals surface area contributed by atoms with E-state index in [2.05, 4.69) is 175 Å². The van der Waals surface area contributed by atoms with Crippen LogP contribution in [0.15, 0.2) is 103 Å². The molecule has 0 spiro atoms. The van der Waals surface area contributed by atoms with E-state index in [1.54, 1.807) is 35.6 Å². The Labute approximate surface area is 654 Å². The molecule has 0 amide bonds. The molecule has 15 rings (SSSR count). The molecule has 104 heavy (non-hydrogen) atoms. The molecule has 0 bridgehead atoms. The van der Waals surface area contributed by atoms with Crippen molar-refractivity contribution in [2.45, 2.75) is 267 Å². The van der Waals surface area contributed by atoms with Crippen molar-refractivity contribution in [2.24, 2.45) is 26.2 Å². The minimum Gasteiger partial charge on any atom is -0.173 e. The van der Waals surface area contributed by atoms with E-state index in [1.165, 1.54) is 251 Å². The molecule has 0 fully saturated rings. The van der Waals surface area contributed by atoms with Crippen molar-refractivity contribution >= 4 is 174 Å². The van der Waals surface area contributed by atoms with Gasteiger partial charge in [0.15, 0.2) is 0 Å². The molecule has 7 aromatic carbocycles. The average molecular weight is 1670 g/mol. The number of hydrogen-bond donors (Lipinski definition) is 0. The van der Waals surface area contributed by atoms with Crippen LogP contribution in [0, 0.1) is 27.7 Å². The third-order valence-corrected chi connectivity index (χ3v) is 42.9. The van der Waals surface area contributed by atoms with Crippen molar-refractivity contribution in [1.29, 1.82) is 0 Å². The summed E-state index contributed by atoms with van der Waals surface area (Å²) in [5.41, 5.74) is 32.2. The molecule has 3 aromatic heterocycles. The summed E-state index contributed by atoms with van der Waals surface area (Å²) in [4.78, 5) is 0. The fourth-order valence-corrected chi connectivity index (χ4v) is 38.0. The van der Waals surface area contributed by atoms with Crippen molar-refractivity contribution < 1.29 is 0 Å². The SMILES string of the molecule is CCCCCCC1(CCCCCC)c2cc(-c3c4c(c(C)c5nsnc35)N=S=N4)ccc2-c2ccc(-c3c4c(c(C)c5nsnc35)N=S=N4)cc21.CCCCCCC1(CCCCCC)c2cc(C)ccc2-c2cc[c]([Sn]([CH2]CCC)([CH2]CCC)[CH2]CCC)cc21.Cc1c2c(c(Br)c3nsnc13)N=S=N2. The van der Waals surface area contributed by atoms with Gasteiger partial charge in [-0.25, -0.2) is 0 Å². The van der Waals surface area contributed by atoms with E-state index >= 15 is 0 Å². The van der Waals surface area contributed by atoms with Crippen LogP contribution in [-0.2, 0) is 44.9 Å². The van der Waals surface area contributed by atoms with Crippen LogP contribution in [0.1, 0.15) is 260 Å². The van der Waals surface area contributed by atoms with Crippen LogP contribution in [-0.4, -0.2) is 44.6 Å². The Kier molecular flexibility index (Phi) is 25.9. The molecule has 0 atom stereocenters. The van der Waals surface area contributed by atoms with Crippen molar-refractivity contribution in [3.8, 4) is 44.5 Å². The van der Waals surface area contributed by atoms with Gasteiger partial charge < -0.3 is 0 Å². The third-order valence-electron chi connectivity index (χ3n) is 23.3. The van der Waals surface area contributed by atoms with Crippen LogP contribution < -0.4 is 3.58 Å². The van der Waals surface area contributed by atoms with Gasteiger partial charge in [0.2, 0.25) is 0 Å². The van der Waals surface area contributed by atoms with Crippen molar-refractivity contribution in [2.75, 3.05) is 0 Å². The summed E-state index contributed by atoms with van der Waals surface area (Å²) in [5, 5.41) is 0. The van der Waals surface area contributed by atoms with Crippen molar-refractivity contribution in [3.05, 3.63) is 122 Å². The molecule has 5 aliphatic rings. The van der Waals surface area contributed by atoms with E-state index < -0.39 is 18.4 Å². The number of halogens is 1. The number of nitrogens with zero attached hydrogens (tertiary/aromatic N) is 12. The van der Waals surface area contributed by atoms with Crippen LogP contribution in [0.3, 0.4) is 0 Å². The maximum absolute atomic E-state index is 4.83. The topological polar surface area (TPSA) is 152 Å². The number of aryl methyl sites for hydroxylation is 4. The minimum atomic E-state index is -2.51. The molecular weight excluding hydrogens is 1570 g/mol. The number of benzene rings is 7. The Morgan fingerprint density at radius 3 is 1.07 bits per heavy atom. The summed E-state index contributed by atoms with van der Waals surface area (Å²) >= 11 is 8.48. The average Bonchev–Trinajstić information content (AvgIpc) is 1.55. The van der Waals surface area contributed by atoms with Gasteiger partial charge in [0.05, 0.1) is 73.7 Å². The van der Waals surface area contributed by atoms with E-state index in [-0.39, 0.29) is 10.8 Å². The molecule has 0 saturated heterocycles. The second kappa shape index (κ2) is 35.0. The summed E-state index contributed by atoms with van der Waals surface area (Å²) in [5.74, 6) is 0. The number of aromatic nitrogens is 6. The van der Waals surface area contributed by atoms with Crippen LogP contribution in [0.2, 0.25) is 13.3 Å². The molecule has 0 unspecified atom stereocenters. The first kappa shape index (κ1) is 76.9. The van der Waals surface area contributed by atoms with Gasteiger partial charge in [-0.2, -0.15) is 52.4 Å². The smallest absolute Gasteiger partial charge is 0.121 e. The molecular formula is C84H103BrN12S6Sn. The van der Waals surface area contributed by atoms with Gasteiger partial charge >= 0.3 is 249 Å². The van der Waals surface area contributed by atoms with Crippen LogP contribution in [0.25, 0.3) is 77.6 Å².